The van der Waals surface area contributed by atoms with Crippen molar-refractivity contribution in [3.05, 3.63) is 40.4 Å². The standard InChI is InChI=1S/C18H27N3OS2/c1-12(2)14-5-7-15(8-6-14)22-16(13(3)4)9-10-24-11-17-19-18(23)21-20-17/h5-8,12-13,16H,9-11H2,1-4H3,(H2,19,20,21,23). The molecule has 0 spiro atoms. The van der Waals surface area contributed by atoms with Crippen LogP contribution in [0, 0.1) is 10.7 Å². The minimum atomic E-state index is 0.222. The van der Waals surface area contributed by atoms with Crippen LogP contribution >= 0.6 is 24.0 Å². The summed E-state index contributed by atoms with van der Waals surface area (Å²) in [6.45, 7) is 8.83. The van der Waals surface area contributed by atoms with E-state index in [-0.39, 0.29) is 6.10 Å². The highest BCUT2D eigenvalue weighted by Crippen LogP contribution is 2.23. The molecule has 0 aliphatic rings. The summed E-state index contributed by atoms with van der Waals surface area (Å²) in [4.78, 5) is 4.20. The summed E-state index contributed by atoms with van der Waals surface area (Å²) in [7, 11) is 0. The molecule has 0 radical (unpaired) electrons. The summed E-state index contributed by atoms with van der Waals surface area (Å²) in [6, 6.07) is 8.49. The van der Waals surface area contributed by atoms with Crippen LogP contribution in [0.1, 0.15) is 51.4 Å². The number of rotatable bonds is 9. The highest BCUT2D eigenvalue weighted by atomic mass is 32.2. The van der Waals surface area contributed by atoms with Crippen molar-refractivity contribution in [1.82, 2.24) is 15.2 Å². The molecule has 1 atom stereocenters. The number of thioether (sulfide) groups is 1. The maximum Gasteiger partial charge on any atom is 0.213 e. The number of nitrogens with one attached hydrogen (secondary N) is 2. The fourth-order valence-electron chi connectivity index (χ4n) is 2.38. The minimum absolute atomic E-state index is 0.222. The molecule has 132 valence electrons. The van der Waals surface area contributed by atoms with Crippen LogP contribution in [0.25, 0.3) is 0 Å². The normalized spacial score (nSPS) is 12.8. The molecule has 24 heavy (non-hydrogen) atoms. The van der Waals surface area contributed by atoms with Crippen LogP contribution in [0.5, 0.6) is 5.75 Å². The molecule has 1 heterocycles. The number of hydrogen-bond acceptors (Lipinski definition) is 4. The van der Waals surface area contributed by atoms with Gasteiger partial charge in [-0.05, 0) is 53.9 Å². The molecule has 0 saturated carbocycles. The van der Waals surface area contributed by atoms with Gasteiger partial charge in [-0.25, -0.2) is 4.98 Å². The molecule has 4 nitrogen and oxygen atoms in total. The fourth-order valence-corrected chi connectivity index (χ4v) is 3.41. The molecule has 2 N–H and O–H groups in total. The smallest absolute Gasteiger partial charge is 0.213 e. The summed E-state index contributed by atoms with van der Waals surface area (Å²) in [5, 5.41) is 5.80. The van der Waals surface area contributed by atoms with Gasteiger partial charge in [-0.3, -0.25) is 10.2 Å². The molecule has 0 fully saturated rings. The van der Waals surface area contributed by atoms with E-state index in [1.54, 1.807) is 0 Å². The van der Waals surface area contributed by atoms with Crippen molar-refractivity contribution in [2.45, 2.75) is 51.9 Å². The molecule has 1 aromatic heterocycles. The molecule has 0 bridgehead atoms. The molecule has 0 amide bonds. The van der Waals surface area contributed by atoms with Crippen LogP contribution in [-0.4, -0.2) is 27.0 Å². The van der Waals surface area contributed by atoms with Crippen LogP contribution in [0.15, 0.2) is 24.3 Å². The third kappa shape index (κ3) is 5.98. The number of ether oxygens (including phenoxy) is 1. The molecule has 2 rings (SSSR count). The van der Waals surface area contributed by atoms with Crippen molar-refractivity contribution < 1.29 is 4.74 Å². The lowest BCUT2D eigenvalue weighted by Crippen LogP contribution is -2.24. The van der Waals surface area contributed by atoms with Gasteiger partial charge in [-0.15, -0.1) is 0 Å². The van der Waals surface area contributed by atoms with Gasteiger partial charge in [0.1, 0.15) is 17.7 Å². The number of hydrogen-bond donors (Lipinski definition) is 2. The zero-order valence-corrected chi connectivity index (χ0v) is 16.5. The van der Waals surface area contributed by atoms with Crippen molar-refractivity contribution in [2.75, 3.05) is 5.75 Å². The van der Waals surface area contributed by atoms with E-state index in [0.29, 0.717) is 16.6 Å². The van der Waals surface area contributed by atoms with Gasteiger partial charge in [-0.1, -0.05) is 39.8 Å². The minimum Gasteiger partial charge on any atom is -0.490 e. The van der Waals surface area contributed by atoms with E-state index in [9.17, 15) is 0 Å². The zero-order valence-electron chi connectivity index (χ0n) is 14.8. The van der Waals surface area contributed by atoms with E-state index in [2.05, 4.69) is 67.1 Å². The summed E-state index contributed by atoms with van der Waals surface area (Å²) in [6.07, 6.45) is 1.24. The highest BCUT2D eigenvalue weighted by Gasteiger charge is 2.15. The van der Waals surface area contributed by atoms with Gasteiger partial charge in [0.15, 0.2) is 0 Å². The van der Waals surface area contributed by atoms with Crippen molar-refractivity contribution in [1.29, 1.82) is 0 Å². The Hall–Kier alpha value is -1.27. The molecule has 0 aliphatic carbocycles. The van der Waals surface area contributed by atoms with Crippen molar-refractivity contribution >= 4 is 24.0 Å². The topological polar surface area (TPSA) is 53.7 Å². The largest absolute Gasteiger partial charge is 0.490 e. The SMILES string of the molecule is CC(C)c1ccc(OC(CCSCc2nc(=S)[nH][nH]2)C(C)C)cc1. The van der Waals surface area contributed by atoms with Gasteiger partial charge in [0, 0.05) is 0 Å². The summed E-state index contributed by atoms with van der Waals surface area (Å²) >= 11 is 6.80. The first-order valence-corrected chi connectivity index (χ1v) is 10.00. The molecule has 0 saturated heterocycles. The molecule has 0 aliphatic heterocycles. The number of aromatic nitrogens is 3. The van der Waals surface area contributed by atoms with Gasteiger partial charge in [-0.2, -0.15) is 11.8 Å². The van der Waals surface area contributed by atoms with Crippen LogP contribution < -0.4 is 4.74 Å². The molecule has 1 unspecified atom stereocenters. The Morgan fingerprint density at radius 3 is 2.38 bits per heavy atom. The Labute approximate surface area is 153 Å². The third-order valence-electron chi connectivity index (χ3n) is 3.91. The van der Waals surface area contributed by atoms with Crippen molar-refractivity contribution in [2.24, 2.45) is 5.92 Å². The lowest BCUT2D eigenvalue weighted by atomic mass is 10.0. The molecular weight excluding hydrogens is 338 g/mol. The van der Waals surface area contributed by atoms with E-state index < -0.39 is 0 Å². The number of aromatic amines is 2. The summed E-state index contributed by atoms with van der Waals surface area (Å²) < 4.78 is 6.72. The Morgan fingerprint density at radius 1 is 1.12 bits per heavy atom. The van der Waals surface area contributed by atoms with Crippen LogP contribution in [0.4, 0.5) is 0 Å². The van der Waals surface area contributed by atoms with Gasteiger partial charge >= 0.3 is 0 Å². The number of H-pyrrole nitrogens is 2. The summed E-state index contributed by atoms with van der Waals surface area (Å²) in [5.41, 5.74) is 1.34. The lowest BCUT2D eigenvalue weighted by Gasteiger charge is -2.23. The maximum atomic E-state index is 6.21. The second kappa shape index (κ2) is 9.28. The molecule has 1 aromatic carbocycles. The fraction of sp³-hybridized carbons (Fsp3) is 0.556. The van der Waals surface area contributed by atoms with Crippen LogP contribution in [-0.2, 0) is 5.75 Å². The Kier molecular flexibility index (Phi) is 7.37. The molecule has 2 aromatic rings. The Morgan fingerprint density at radius 2 is 1.83 bits per heavy atom. The van der Waals surface area contributed by atoms with Gasteiger partial charge in [0.25, 0.3) is 0 Å². The first-order chi connectivity index (χ1) is 11.5. The van der Waals surface area contributed by atoms with Gasteiger partial charge in [0.05, 0.1) is 5.75 Å². The van der Waals surface area contributed by atoms with Crippen molar-refractivity contribution in [3.63, 3.8) is 0 Å². The molecular formula is C18H27N3OS2. The molecule has 6 heteroatoms. The van der Waals surface area contributed by atoms with E-state index in [1.807, 2.05) is 11.8 Å². The quantitative estimate of drug-likeness (QED) is 0.466. The van der Waals surface area contributed by atoms with E-state index in [0.717, 1.165) is 29.5 Å². The lowest BCUT2D eigenvalue weighted by molar-refractivity contribution is 0.148. The highest BCUT2D eigenvalue weighted by molar-refractivity contribution is 7.98. The first kappa shape index (κ1) is 19.1. The monoisotopic (exact) mass is 365 g/mol. The second-order valence-electron chi connectivity index (χ2n) is 6.58. The predicted octanol–water partition coefficient (Wildman–Crippen LogP) is 5.32. The van der Waals surface area contributed by atoms with Crippen LogP contribution in [0.3, 0.4) is 0 Å². The Bertz CT molecular complexity index is 661. The van der Waals surface area contributed by atoms with Crippen molar-refractivity contribution in [3.8, 4) is 5.75 Å². The van der Waals surface area contributed by atoms with Crippen LogP contribution in [0.2, 0.25) is 0 Å². The third-order valence-corrected chi connectivity index (χ3v) is 5.11. The number of nitrogens with zero attached hydrogens (tertiary/aromatic N) is 1. The van der Waals surface area contributed by atoms with E-state index in [4.69, 9.17) is 17.0 Å². The average molecular weight is 366 g/mol. The zero-order chi connectivity index (χ0) is 17.5. The first-order valence-electron chi connectivity index (χ1n) is 8.43. The van der Waals surface area contributed by atoms with E-state index >= 15 is 0 Å². The van der Waals surface area contributed by atoms with E-state index in [1.165, 1.54) is 5.56 Å². The summed E-state index contributed by atoms with van der Waals surface area (Å²) in [5.74, 6) is 4.75. The predicted molar refractivity (Wildman–Crippen MR) is 104 cm³/mol. The van der Waals surface area contributed by atoms with Gasteiger partial charge < -0.3 is 4.74 Å². The Balaban J connectivity index is 1.81. The number of benzene rings is 1. The van der Waals surface area contributed by atoms with Gasteiger partial charge in [0.2, 0.25) is 4.77 Å². The maximum absolute atomic E-state index is 6.21. The average Bonchev–Trinajstić information content (AvgIpc) is 2.96. The second-order valence-corrected chi connectivity index (χ2v) is 8.07.